The summed E-state index contributed by atoms with van der Waals surface area (Å²) >= 11 is 0. The highest BCUT2D eigenvalue weighted by atomic mass is 15.0. The first-order chi connectivity index (χ1) is 7.63. The SMILES string of the molecule is CCC(C)c1cnc(N)c2cnc(N)nc12. The molecule has 2 aromatic rings. The van der Waals surface area contributed by atoms with Crippen LogP contribution in [-0.4, -0.2) is 15.0 Å². The highest BCUT2D eigenvalue weighted by Gasteiger charge is 2.12. The van der Waals surface area contributed by atoms with Crippen molar-refractivity contribution in [3.05, 3.63) is 18.0 Å². The quantitative estimate of drug-likeness (QED) is 0.799. The van der Waals surface area contributed by atoms with Crippen LogP contribution in [0.1, 0.15) is 31.7 Å². The summed E-state index contributed by atoms with van der Waals surface area (Å²) in [6.45, 7) is 4.25. The lowest BCUT2D eigenvalue weighted by Crippen LogP contribution is -2.03. The zero-order chi connectivity index (χ0) is 11.7. The number of fused-ring (bicyclic) bond motifs is 1. The Hall–Kier alpha value is -1.91. The van der Waals surface area contributed by atoms with Gasteiger partial charge in [0.1, 0.15) is 5.82 Å². The molecule has 0 radical (unpaired) electrons. The smallest absolute Gasteiger partial charge is 0.220 e. The van der Waals surface area contributed by atoms with Gasteiger partial charge in [0.2, 0.25) is 5.95 Å². The van der Waals surface area contributed by atoms with Crippen molar-refractivity contribution in [2.24, 2.45) is 0 Å². The minimum Gasteiger partial charge on any atom is -0.383 e. The number of pyridine rings is 1. The predicted molar refractivity (Wildman–Crippen MR) is 64.9 cm³/mol. The van der Waals surface area contributed by atoms with Crippen LogP contribution in [0.2, 0.25) is 0 Å². The lowest BCUT2D eigenvalue weighted by atomic mass is 9.98. The molecule has 0 saturated heterocycles. The molecule has 0 bridgehead atoms. The molecule has 0 amide bonds. The molecule has 16 heavy (non-hydrogen) atoms. The van der Waals surface area contributed by atoms with Crippen LogP contribution >= 0.6 is 0 Å². The van der Waals surface area contributed by atoms with Gasteiger partial charge in [0, 0.05) is 12.4 Å². The zero-order valence-electron chi connectivity index (χ0n) is 9.44. The molecular weight excluding hydrogens is 202 g/mol. The summed E-state index contributed by atoms with van der Waals surface area (Å²) in [4.78, 5) is 12.4. The molecular formula is C11H15N5. The maximum Gasteiger partial charge on any atom is 0.220 e. The van der Waals surface area contributed by atoms with Crippen molar-refractivity contribution in [2.45, 2.75) is 26.2 Å². The lowest BCUT2D eigenvalue weighted by Gasteiger charge is -2.12. The molecule has 4 N–H and O–H groups in total. The number of hydrogen-bond acceptors (Lipinski definition) is 5. The number of nitrogens with zero attached hydrogens (tertiary/aromatic N) is 3. The van der Waals surface area contributed by atoms with E-state index < -0.39 is 0 Å². The van der Waals surface area contributed by atoms with Gasteiger partial charge in [0.25, 0.3) is 0 Å². The van der Waals surface area contributed by atoms with E-state index in [9.17, 15) is 0 Å². The summed E-state index contributed by atoms with van der Waals surface area (Å²) < 4.78 is 0. The first kappa shape index (κ1) is 10.6. The third-order valence-corrected chi connectivity index (χ3v) is 2.84. The molecule has 84 valence electrons. The largest absolute Gasteiger partial charge is 0.383 e. The summed E-state index contributed by atoms with van der Waals surface area (Å²) in [5.74, 6) is 1.09. The Morgan fingerprint density at radius 1 is 1.25 bits per heavy atom. The number of nitrogens with two attached hydrogens (primary N) is 2. The van der Waals surface area contributed by atoms with Crippen molar-refractivity contribution < 1.29 is 0 Å². The minimum absolute atomic E-state index is 0.266. The molecule has 0 aliphatic carbocycles. The second-order valence-electron chi connectivity index (χ2n) is 3.90. The fourth-order valence-corrected chi connectivity index (χ4v) is 1.65. The third-order valence-electron chi connectivity index (χ3n) is 2.84. The Bertz CT molecular complexity index is 523. The summed E-state index contributed by atoms with van der Waals surface area (Å²) in [6.07, 6.45) is 4.43. The Labute approximate surface area is 93.9 Å². The maximum atomic E-state index is 5.78. The van der Waals surface area contributed by atoms with Gasteiger partial charge in [-0.25, -0.2) is 15.0 Å². The lowest BCUT2D eigenvalue weighted by molar-refractivity contribution is 0.734. The standard InChI is InChI=1S/C11H15N5/c1-3-6(2)7-4-14-10(12)8-5-15-11(13)16-9(7)8/h4-6H,3H2,1-2H3,(H2,12,14)(H2,13,15,16). The third kappa shape index (κ3) is 1.64. The molecule has 0 aliphatic heterocycles. The van der Waals surface area contributed by atoms with Crippen LogP contribution in [0.25, 0.3) is 10.9 Å². The van der Waals surface area contributed by atoms with Crippen molar-refractivity contribution >= 4 is 22.7 Å². The molecule has 1 unspecified atom stereocenters. The molecule has 0 aromatic carbocycles. The van der Waals surface area contributed by atoms with Crippen molar-refractivity contribution in [1.29, 1.82) is 0 Å². The summed E-state index contributed by atoms with van der Waals surface area (Å²) in [6, 6.07) is 0. The van der Waals surface area contributed by atoms with Crippen LogP contribution < -0.4 is 11.5 Å². The highest BCUT2D eigenvalue weighted by molar-refractivity contribution is 5.90. The van der Waals surface area contributed by atoms with Crippen LogP contribution in [0.15, 0.2) is 12.4 Å². The Morgan fingerprint density at radius 2 is 2.00 bits per heavy atom. The highest BCUT2D eigenvalue weighted by Crippen LogP contribution is 2.27. The molecule has 0 fully saturated rings. The Morgan fingerprint density at radius 3 is 2.69 bits per heavy atom. The zero-order valence-corrected chi connectivity index (χ0v) is 9.44. The van der Waals surface area contributed by atoms with Crippen molar-refractivity contribution in [1.82, 2.24) is 15.0 Å². The number of hydrogen-bond donors (Lipinski definition) is 2. The van der Waals surface area contributed by atoms with Crippen LogP contribution in [0, 0.1) is 0 Å². The van der Waals surface area contributed by atoms with E-state index in [-0.39, 0.29) is 5.95 Å². The molecule has 1 atom stereocenters. The number of anilines is 2. The van der Waals surface area contributed by atoms with Gasteiger partial charge < -0.3 is 11.5 Å². The molecule has 2 rings (SSSR count). The maximum absolute atomic E-state index is 5.78. The van der Waals surface area contributed by atoms with Crippen LogP contribution in [0.5, 0.6) is 0 Å². The first-order valence-electron chi connectivity index (χ1n) is 5.30. The van der Waals surface area contributed by atoms with Crippen LogP contribution in [0.3, 0.4) is 0 Å². The van der Waals surface area contributed by atoms with Crippen LogP contribution in [-0.2, 0) is 0 Å². The Balaban J connectivity index is 2.75. The number of aromatic nitrogens is 3. The van der Waals surface area contributed by atoms with E-state index in [1.807, 2.05) is 0 Å². The van der Waals surface area contributed by atoms with Gasteiger partial charge in [-0.3, -0.25) is 0 Å². The van der Waals surface area contributed by atoms with E-state index >= 15 is 0 Å². The van der Waals surface area contributed by atoms with Gasteiger partial charge in [-0.1, -0.05) is 13.8 Å². The summed E-state index contributed by atoms with van der Waals surface area (Å²) in [7, 11) is 0. The average molecular weight is 217 g/mol. The monoisotopic (exact) mass is 217 g/mol. The van der Waals surface area contributed by atoms with Crippen LogP contribution in [0.4, 0.5) is 11.8 Å². The topological polar surface area (TPSA) is 90.7 Å². The fraction of sp³-hybridized carbons (Fsp3) is 0.364. The number of nitrogen functional groups attached to an aromatic ring is 2. The van der Waals surface area contributed by atoms with Crippen molar-refractivity contribution in [3.8, 4) is 0 Å². The molecule has 5 heteroatoms. The van der Waals surface area contributed by atoms with E-state index in [4.69, 9.17) is 11.5 Å². The van der Waals surface area contributed by atoms with Gasteiger partial charge in [-0.2, -0.15) is 0 Å². The van der Waals surface area contributed by atoms with Crippen molar-refractivity contribution in [2.75, 3.05) is 11.5 Å². The van der Waals surface area contributed by atoms with Gasteiger partial charge in [0.15, 0.2) is 0 Å². The van der Waals surface area contributed by atoms with E-state index in [0.717, 1.165) is 22.9 Å². The summed E-state index contributed by atoms with van der Waals surface area (Å²) in [5, 5.41) is 0.770. The second kappa shape index (κ2) is 3.92. The summed E-state index contributed by atoms with van der Waals surface area (Å²) in [5.41, 5.74) is 13.3. The first-order valence-corrected chi connectivity index (χ1v) is 5.30. The van der Waals surface area contributed by atoms with E-state index in [2.05, 4.69) is 28.8 Å². The average Bonchev–Trinajstić information content (AvgIpc) is 2.28. The van der Waals surface area contributed by atoms with E-state index in [1.165, 1.54) is 0 Å². The number of rotatable bonds is 2. The molecule has 5 nitrogen and oxygen atoms in total. The predicted octanol–water partition coefficient (Wildman–Crippen LogP) is 1.70. The van der Waals surface area contributed by atoms with Gasteiger partial charge in [0.05, 0.1) is 10.9 Å². The fourth-order valence-electron chi connectivity index (χ4n) is 1.65. The van der Waals surface area contributed by atoms with E-state index in [0.29, 0.717) is 11.7 Å². The van der Waals surface area contributed by atoms with E-state index in [1.54, 1.807) is 12.4 Å². The normalized spacial score (nSPS) is 12.9. The molecule has 0 saturated carbocycles. The Kier molecular flexibility index (Phi) is 2.60. The minimum atomic E-state index is 0.266. The van der Waals surface area contributed by atoms with Crippen molar-refractivity contribution in [3.63, 3.8) is 0 Å². The van der Waals surface area contributed by atoms with Gasteiger partial charge >= 0.3 is 0 Å². The molecule has 0 aliphatic rings. The van der Waals surface area contributed by atoms with Gasteiger partial charge in [-0.05, 0) is 17.9 Å². The molecule has 0 spiro atoms. The van der Waals surface area contributed by atoms with Gasteiger partial charge in [-0.15, -0.1) is 0 Å². The molecule has 2 aromatic heterocycles. The second-order valence-corrected chi connectivity index (χ2v) is 3.90. The molecule has 2 heterocycles.